The van der Waals surface area contributed by atoms with E-state index in [2.05, 4.69) is 0 Å². The summed E-state index contributed by atoms with van der Waals surface area (Å²) in [5.41, 5.74) is 0.822. The largest absolute Gasteiger partial charge is 0.507 e. The van der Waals surface area contributed by atoms with Gasteiger partial charge in [0.2, 0.25) is 0 Å². The highest BCUT2D eigenvalue weighted by atomic mass is 16.5. The van der Waals surface area contributed by atoms with E-state index in [4.69, 9.17) is 9.47 Å². The van der Waals surface area contributed by atoms with Gasteiger partial charge in [-0.1, -0.05) is 12.1 Å². The van der Waals surface area contributed by atoms with Crippen LogP contribution in [0.2, 0.25) is 0 Å². The number of aromatic hydroxyl groups is 1. The van der Waals surface area contributed by atoms with Crippen LogP contribution in [0.4, 0.5) is 0 Å². The quantitative estimate of drug-likeness (QED) is 0.862. The number of hydrogen-bond acceptors (Lipinski definition) is 4. The number of fused-ring (bicyclic) bond motifs is 1. The summed E-state index contributed by atoms with van der Waals surface area (Å²) >= 11 is 0. The van der Waals surface area contributed by atoms with Gasteiger partial charge in [-0.05, 0) is 36.1 Å². The van der Waals surface area contributed by atoms with Crippen molar-refractivity contribution in [1.29, 1.82) is 0 Å². The molecular weight excluding hydrogens is 244 g/mol. The molecule has 0 amide bonds. The summed E-state index contributed by atoms with van der Waals surface area (Å²) in [5, 5.41) is 11.4. The number of esters is 1. The molecule has 0 fully saturated rings. The summed E-state index contributed by atoms with van der Waals surface area (Å²) in [6, 6.07) is 8.71. The highest BCUT2D eigenvalue weighted by Gasteiger charge is 2.19. The SMILES string of the molecule is COC(=O)C(C)c1ccc(O)c2cc(OC)ccc12. The number of rotatable bonds is 3. The van der Waals surface area contributed by atoms with Crippen molar-refractivity contribution in [3.05, 3.63) is 35.9 Å². The van der Waals surface area contributed by atoms with Gasteiger partial charge >= 0.3 is 5.97 Å². The molecule has 0 aliphatic heterocycles. The molecule has 0 spiro atoms. The minimum atomic E-state index is -0.388. The predicted octanol–water partition coefficient (Wildman–Crippen LogP) is 2.83. The summed E-state index contributed by atoms with van der Waals surface area (Å²) in [7, 11) is 2.93. The van der Waals surface area contributed by atoms with Crippen molar-refractivity contribution in [2.45, 2.75) is 12.8 Å². The van der Waals surface area contributed by atoms with Crippen molar-refractivity contribution in [3.8, 4) is 11.5 Å². The number of phenols is 1. The first-order valence-corrected chi connectivity index (χ1v) is 5.96. The van der Waals surface area contributed by atoms with Gasteiger partial charge in [-0.25, -0.2) is 0 Å². The minimum absolute atomic E-state index is 0.162. The highest BCUT2D eigenvalue weighted by Crippen LogP contribution is 2.34. The van der Waals surface area contributed by atoms with E-state index in [1.807, 2.05) is 6.07 Å². The Labute approximate surface area is 111 Å². The molecule has 0 saturated heterocycles. The Morgan fingerprint density at radius 2 is 1.89 bits per heavy atom. The normalized spacial score (nSPS) is 12.2. The number of carbonyl (C=O) groups is 1. The van der Waals surface area contributed by atoms with Crippen LogP contribution in [0.3, 0.4) is 0 Å². The molecule has 100 valence electrons. The Morgan fingerprint density at radius 3 is 2.53 bits per heavy atom. The summed E-state index contributed by atoms with van der Waals surface area (Å²) in [5.74, 6) is 0.129. The number of phenolic OH excluding ortho intramolecular Hbond substituents is 1. The van der Waals surface area contributed by atoms with Gasteiger partial charge < -0.3 is 14.6 Å². The molecule has 0 heterocycles. The number of hydrogen-bond donors (Lipinski definition) is 1. The lowest BCUT2D eigenvalue weighted by Gasteiger charge is -2.14. The van der Waals surface area contributed by atoms with Crippen molar-refractivity contribution in [1.82, 2.24) is 0 Å². The molecule has 2 aromatic carbocycles. The first kappa shape index (κ1) is 13.2. The fraction of sp³-hybridized carbons (Fsp3) is 0.267. The fourth-order valence-electron chi connectivity index (χ4n) is 2.14. The maximum Gasteiger partial charge on any atom is 0.312 e. The third kappa shape index (κ3) is 2.34. The topological polar surface area (TPSA) is 55.8 Å². The summed E-state index contributed by atoms with van der Waals surface area (Å²) < 4.78 is 9.91. The smallest absolute Gasteiger partial charge is 0.312 e. The standard InChI is InChI=1S/C15H16O4/c1-9(15(17)19-3)11-6-7-14(16)13-8-10(18-2)4-5-12(11)13/h4-9,16H,1-3H3. The first-order valence-electron chi connectivity index (χ1n) is 5.96. The van der Waals surface area contributed by atoms with Gasteiger partial charge in [0.15, 0.2) is 0 Å². The summed E-state index contributed by atoms with van der Waals surface area (Å²) in [6.45, 7) is 1.78. The lowest BCUT2D eigenvalue weighted by molar-refractivity contribution is -0.141. The summed E-state index contributed by atoms with van der Waals surface area (Å²) in [4.78, 5) is 11.7. The van der Waals surface area contributed by atoms with Crippen molar-refractivity contribution in [2.24, 2.45) is 0 Å². The van der Waals surface area contributed by atoms with Crippen molar-refractivity contribution in [3.63, 3.8) is 0 Å². The van der Waals surface area contributed by atoms with Crippen LogP contribution in [-0.4, -0.2) is 25.3 Å². The number of methoxy groups -OCH3 is 2. The number of carbonyl (C=O) groups excluding carboxylic acids is 1. The van der Waals surface area contributed by atoms with Crippen LogP contribution >= 0.6 is 0 Å². The van der Waals surface area contributed by atoms with E-state index in [0.717, 1.165) is 10.9 Å². The molecule has 0 radical (unpaired) electrons. The number of benzene rings is 2. The van der Waals surface area contributed by atoms with Gasteiger partial charge in [0, 0.05) is 5.39 Å². The molecule has 0 aliphatic rings. The lowest BCUT2D eigenvalue weighted by atomic mass is 9.94. The zero-order valence-corrected chi connectivity index (χ0v) is 11.1. The van der Waals surface area contributed by atoms with Gasteiger partial charge in [0.05, 0.1) is 20.1 Å². The average Bonchev–Trinajstić information content (AvgIpc) is 2.46. The maximum absolute atomic E-state index is 11.7. The molecule has 2 rings (SSSR count). The van der Waals surface area contributed by atoms with Gasteiger partial charge in [0.25, 0.3) is 0 Å². The Balaban J connectivity index is 2.64. The van der Waals surface area contributed by atoms with Crippen LogP contribution in [0.25, 0.3) is 10.8 Å². The van der Waals surface area contributed by atoms with E-state index in [9.17, 15) is 9.90 Å². The van der Waals surface area contributed by atoms with Gasteiger partial charge in [-0.3, -0.25) is 4.79 Å². The molecule has 0 saturated carbocycles. The van der Waals surface area contributed by atoms with E-state index in [1.165, 1.54) is 7.11 Å². The Kier molecular flexibility index (Phi) is 3.60. The van der Waals surface area contributed by atoms with Crippen LogP contribution < -0.4 is 4.74 Å². The molecule has 19 heavy (non-hydrogen) atoms. The second-order valence-corrected chi connectivity index (χ2v) is 4.33. The zero-order valence-electron chi connectivity index (χ0n) is 11.1. The second-order valence-electron chi connectivity index (χ2n) is 4.33. The van der Waals surface area contributed by atoms with E-state index in [1.54, 1.807) is 38.3 Å². The first-order chi connectivity index (χ1) is 9.08. The molecule has 1 atom stereocenters. The molecule has 4 nitrogen and oxygen atoms in total. The van der Waals surface area contributed by atoms with Crippen LogP contribution in [-0.2, 0) is 9.53 Å². The van der Waals surface area contributed by atoms with E-state index >= 15 is 0 Å². The third-order valence-electron chi connectivity index (χ3n) is 3.26. The van der Waals surface area contributed by atoms with Crippen LogP contribution in [0, 0.1) is 0 Å². The monoisotopic (exact) mass is 260 g/mol. The molecular formula is C15H16O4. The van der Waals surface area contributed by atoms with E-state index in [-0.39, 0.29) is 17.6 Å². The molecule has 4 heteroatoms. The lowest BCUT2D eigenvalue weighted by Crippen LogP contribution is -2.11. The molecule has 0 bridgehead atoms. The Hall–Kier alpha value is -2.23. The van der Waals surface area contributed by atoms with Crippen LogP contribution in [0.1, 0.15) is 18.4 Å². The maximum atomic E-state index is 11.7. The predicted molar refractivity (Wildman–Crippen MR) is 72.6 cm³/mol. The van der Waals surface area contributed by atoms with Crippen molar-refractivity contribution < 1.29 is 19.4 Å². The average molecular weight is 260 g/mol. The van der Waals surface area contributed by atoms with E-state index in [0.29, 0.717) is 11.1 Å². The Morgan fingerprint density at radius 1 is 1.16 bits per heavy atom. The molecule has 1 N–H and O–H groups in total. The van der Waals surface area contributed by atoms with Crippen LogP contribution in [0.5, 0.6) is 11.5 Å². The van der Waals surface area contributed by atoms with Crippen molar-refractivity contribution >= 4 is 16.7 Å². The third-order valence-corrected chi connectivity index (χ3v) is 3.26. The van der Waals surface area contributed by atoms with Crippen molar-refractivity contribution in [2.75, 3.05) is 14.2 Å². The van der Waals surface area contributed by atoms with Gasteiger partial charge in [-0.15, -0.1) is 0 Å². The fourth-order valence-corrected chi connectivity index (χ4v) is 2.14. The van der Waals surface area contributed by atoms with Gasteiger partial charge in [0.1, 0.15) is 11.5 Å². The second kappa shape index (κ2) is 5.18. The zero-order chi connectivity index (χ0) is 14.0. The van der Waals surface area contributed by atoms with Gasteiger partial charge in [-0.2, -0.15) is 0 Å². The minimum Gasteiger partial charge on any atom is -0.507 e. The van der Waals surface area contributed by atoms with E-state index < -0.39 is 0 Å². The van der Waals surface area contributed by atoms with Crippen LogP contribution in [0.15, 0.2) is 30.3 Å². The molecule has 0 aromatic heterocycles. The molecule has 2 aromatic rings. The molecule has 0 aliphatic carbocycles. The highest BCUT2D eigenvalue weighted by molar-refractivity contribution is 5.95. The summed E-state index contributed by atoms with van der Waals surface area (Å²) in [6.07, 6.45) is 0. The number of ether oxygens (including phenoxy) is 2. The Bertz CT molecular complexity index is 619. The molecule has 1 unspecified atom stereocenters.